The number of hydrogen-bond acceptors (Lipinski definition) is 6. The zero-order valence-corrected chi connectivity index (χ0v) is 18.0. The number of aromatic nitrogens is 1. The van der Waals surface area contributed by atoms with E-state index in [9.17, 15) is 9.59 Å². The van der Waals surface area contributed by atoms with E-state index in [1.165, 1.54) is 0 Å². The van der Waals surface area contributed by atoms with Crippen molar-refractivity contribution in [2.45, 2.75) is 65.0 Å². The molecule has 0 radical (unpaired) electrons. The van der Waals surface area contributed by atoms with Crippen molar-refractivity contribution in [2.24, 2.45) is 11.8 Å². The van der Waals surface area contributed by atoms with E-state index in [0.717, 1.165) is 18.4 Å². The van der Waals surface area contributed by atoms with Crippen molar-refractivity contribution in [3.05, 3.63) is 24.0 Å². The topological polar surface area (TPSA) is 78.0 Å². The van der Waals surface area contributed by atoms with Crippen LogP contribution in [0.25, 0.3) is 0 Å². The number of pyridine rings is 1. The van der Waals surface area contributed by atoms with Crippen molar-refractivity contribution >= 4 is 12.1 Å². The van der Waals surface area contributed by atoms with Crippen LogP contribution >= 0.6 is 0 Å². The molecule has 0 N–H and O–H groups in total. The summed E-state index contributed by atoms with van der Waals surface area (Å²) in [6.45, 7) is 10.8. The average Bonchev–Trinajstić information content (AvgIpc) is 3.37. The normalized spacial score (nSPS) is 23.4. The minimum absolute atomic E-state index is 0.0256. The van der Waals surface area contributed by atoms with Crippen LogP contribution in [0.4, 0.5) is 4.79 Å². The molecule has 2 heterocycles. The van der Waals surface area contributed by atoms with E-state index in [2.05, 4.69) is 4.98 Å². The molecule has 1 saturated heterocycles. The fourth-order valence-corrected chi connectivity index (χ4v) is 3.28. The Labute approximate surface area is 172 Å². The van der Waals surface area contributed by atoms with Crippen LogP contribution < -0.4 is 4.74 Å². The number of esters is 1. The smallest absolute Gasteiger partial charge is 0.410 e. The quantitative estimate of drug-likeness (QED) is 0.644. The van der Waals surface area contributed by atoms with E-state index in [4.69, 9.17) is 14.2 Å². The first-order valence-corrected chi connectivity index (χ1v) is 10.4. The Morgan fingerprint density at radius 2 is 2.00 bits per heavy atom. The molecule has 7 heteroatoms. The lowest BCUT2D eigenvalue weighted by molar-refractivity contribution is -0.147. The number of hydrogen-bond donors (Lipinski definition) is 0. The molecule has 1 aliphatic carbocycles. The maximum Gasteiger partial charge on any atom is 0.410 e. The van der Waals surface area contributed by atoms with Gasteiger partial charge in [0, 0.05) is 18.7 Å². The molecule has 160 valence electrons. The molecule has 1 aromatic rings. The van der Waals surface area contributed by atoms with Crippen molar-refractivity contribution in [3.63, 3.8) is 0 Å². The predicted molar refractivity (Wildman–Crippen MR) is 108 cm³/mol. The highest BCUT2D eigenvalue weighted by Crippen LogP contribution is 2.48. The summed E-state index contributed by atoms with van der Waals surface area (Å²) < 4.78 is 16.7. The molecule has 1 aliphatic heterocycles. The van der Waals surface area contributed by atoms with Gasteiger partial charge in [-0.3, -0.25) is 9.78 Å². The fourth-order valence-electron chi connectivity index (χ4n) is 3.28. The summed E-state index contributed by atoms with van der Waals surface area (Å²) in [6.07, 6.45) is 5.14. The first-order valence-electron chi connectivity index (χ1n) is 10.4. The zero-order valence-electron chi connectivity index (χ0n) is 18.0. The number of ether oxygens (including phenoxy) is 3. The third-order valence-electron chi connectivity index (χ3n) is 5.21. The Morgan fingerprint density at radius 1 is 1.24 bits per heavy atom. The van der Waals surface area contributed by atoms with Crippen LogP contribution in [0.2, 0.25) is 0 Å². The fraction of sp³-hybridized carbons (Fsp3) is 0.682. The molecular weight excluding hydrogens is 372 g/mol. The summed E-state index contributed by atoms with van der Waals surface area (Å²) in [7, 11) is 0. The molecule has 2 aliphatic rings. The van der Waals surface area contributed by atoms with Crippen molar-refractivity contribution < 1.29 is 23.8 Å². The molecule has 3 atom stereocenters. The second-order valence-corrected chi connectivity index (χ2v) is 9.27. The Morgan fingerprint density at radius 3 is 2.62 bits per heavy atom. The molecule has 1 aromatic heterocycles. The maximum atomic E-state index is 12.2. The second kappa shape index (κ2) is 8.59. The van der Waals surface area contributed by atoms with E-state index < -0.39 is 5.60 Å². The summed E-state index contributed by atoms with van der Waals surface area (Å²) in [5, 5.41) is 0. The highest BCUT2D eigenvalue weighted by Gasteiger charge is 2.40. The Bertz CT molecular complexity index is 743. The van der Waals surface area contributed by atoms with Crippen LogP contribution in [0, 0.1) is 11.8 Å². The van der Waals surface area contributed by atoms with Crippen molar-refractivity contribution in [1.29, 1.82) is 0 Å². The first kappa shape index (κ1) is 21.4. The van der Waals surface area contributed by atoms with Gasteiger partial charge in [0.1, 0.15) is 18.0 Å². The number of carbonyl (C=O) groups excluding carboxylic acids is 2. The largest absolute Gasteiger partial charge is 0.490 e. The zero-order chi connectivity index (χ0) is 21.2. The van der Waals surface area contributed by atoms with Gasteiger partial charge in [-0.05, 0) is 51.2 Å². The van der Waals surface area contributed by atoms with Gasteiger partial charge in [-0.25, -0.2) is 4.79 Å². The Hall–Kier alpha value is -2.31. The molecule has 1 saturated carbocycles. The van der Waals surface area contributed by atoms with E-state index in [0.29, 0.717) is 37.3 Å². The third kappa shape index (κ3) is 5.84. The molecule has 1 unspecified atom stereocenters. The third-order valence-corrected chi connectivity index (χ3v) is 5.21. The Kier molecular flexibility index (Phi) is 6.34. The number of nitrogens with zero attached hydrogens (tertiary/aromatic N) is 2. The van der Waals surface area contributed by atoms with Crippen LogP contribution in [-0.4, -0.2) is 53.3 Å². The molecule has 7 nitrogen and oxygen atoms in total. The number of rotatable bonds is 7. The monoisotopic (exact) mass is 404 g/mol. The predicted octanol–water partition coefficient (Wildman–Crippen LogP) is 3.77. The van der Waals surface area contributed by atoms with E-state index >= 15 is 0 Å². The molecule has 0 aromatic carbocycles. The van der Waals surface area contributed by atoms with Gasteiger partial charge in [-0.15, -0.1) is 0 Å². The molecule has 29 heavy (non-hydrogen) atoms. The lowest BCUT2D eigenvalue weighted by Crippen LogP contribution is -2.55. The summed E-state index contributed by atoms with van der Waals surface area (Å²) in [4.78, 5) is 29.8. The highest BCUT2D eigenvalue weighted by atomic mass is 16.6. The Balaban J connectivity index is 1.46. The number of amides is 1. The van der Waals surface area contributed by atoms with E-state index in [-0.39, 0.29) is 24.0 Å². The van der Waals surface area contributed by atoms with Gasteiger partial charge in [-0.1, -0.05) is 13.8 Å². The van der Waals surface area contributed by atoms with Gasteiger partial charge in [0.2, 0.25) is 0 Å². The lowest BCUT2D eigenvalue weighted by Gasteiger charge is -2.40. The SMILES string of the molecule is CC(C)C(=O)OC[C@H]1CC1c1cncc(OC[C@@H]2CCN2C(=O)OC(C)(C)C)c1. The van der Waals surface area contributed by atoms with Crippen LogP contribution in [0.1, 0.15) is 58.9 Å². The van der Waals surface area contributed by atoms with Gasteiger partial charge < -0.3 is 19.1 Å². The molecule has 0 spiro atoms. The van der Waals surface area contributed by atoms with Crippen molar-refractivity contribution in [2.75, 3.05) is 19.8 Å². The van der Waals surface area contributed by atoms with Gasteiger partial charge >= 0.3 is 12.1 Å². The summed E-state index contributed by atoms with van der Waals surface area (Å²) in [5.74, 6) is 1.15. The molecule has 0 bridgehead atoms. The minimum Gasteiger partial charge on any atom is -0.490 e. The van der Waals surface area contributed by atoms with Crippen LogP contribution in [0.5, 0.6) is 5.75 Å². The van der Waals surface area contributed by atoms with Gasteiger partial charge in [-0.2, -0.15) is 0 Å². The summed E-state index contributed by atoms with van der Waals surface area (Å²) >= 11 is 0. The van der Waals surface area contributed by atoms with Crippen molar-refractivity contribution in [1.82, 2.24) is 9.88 Å². The van der Waals surface area contributed by atoms with E-state index in [1.807, 2.05) is 46.9 Å². The second-order valence-electron chi connectivity index (χ2n) is 9.27. The van der Waals surface area contributed by atoms with Gasteiger partial charge in [0.15, 0.2) is 0 Å². The number of carbonyl (C=O) groups is 2. The summed E-state index contributed by atoms with van der Waals surface area (Å²) in [6, 6.07) is 2.02. The standard InChI is InChI=1S/C22H32N2O5/c1-14(2)20(25)28-12-16-9-19(16)15-8-18(11-23-10-15)27-13-17-6-7-24(17)21(26)29-22(3,4)5/h8,10-11,14,16-17,19H,6-7,9,12-13H2,1-5H3/t16-,17+,19?/m1/s1. The van der Waals surface area contributed by atoms with Crippen LogP contribution in [0.15, 0.2) is 18.5 Å². The van der Waals surface area contributed by atoms with Gasteiger partial charge in [0.25, 0.3) is 0 Å². The van der Waals surface area contributed by atoms with Crippen molar-refractivity contribution in [3.8, 4) is 5.75 Å². The molecule has 1 amide bonds. The average molecular weight is 405 g/mol. The molecule has 3 rings (SSSR count). The highest BCUT2D eigenvalue weighted by molar-refractivity contribution is 5.71. The molecular formula is C22H32N2O5. The minimum atomic E-state index is -0.499. The maximum absolute atomic E-state index is 12.2. The number of likely N-dealkylation sites (tertiary alicyclic amines) is 1. The van der Waals surface area contributed by atoms with Crippen LogP contribution in [0.3, 0.4) is 0 Å². The summed E-state index contributed by atoms with van der Waals surface area (Å²) in [5.41, 5.74) is 0.603. The van der Waals surface area contributed by atoms with Gasteiger partial charge in [0.05, 0.1) is 24.8 Å². The first-order chi connectivity index (χ1) is 13.6. The van der Waals surface area contributed by atoms with Crippen LogP contribution in [-0.2, 0) is 14.3 Å². The lowest BCUT2D eigenvalue weighted by atomic mass is 10.1. The molecule has 2 fully saturated rings. The van der Waals surface area contributed by atoms with E-state index in [1.54, 1.807) is 11.1 Å².